The molecule has 8 nitrogen and oxygen atoms in total. The molecule has 1 amide bonds. The van der Waals surface area contributed by atoms with E-state index in [0.717, 1.165) is 36.5 Å². The molecule has 1 fully saturated rings. The molecule has 0 radical (unpaired) electrons. The second-order valence-corrected chi connectivity index (χ2v) is 6.41. The van der Waals surface area contributed by atoms with Gasteiger partial charge in [0.2, 0.25) is 0 Å². The molecule has 0 unspecified atom stereocenters. The molecule has 1 aliphatic heterocycles. The Kier molecular flexibility index (Phi) is 3.87. The zero-order chi connectivity index (χ0) is 17.4. The van der Waals surface area contributed by atoms with Crippen LogP contribution in [0.2, 0.25) is 0 Å². The summed E-state index contributed by atoms with van der Waals surface area (Å²) < 4.78 is 7.15. The molecule has 8 heteroatoms. The van der Waals surface area contributed by atoms with Gasteiger partial charge in [-0.15, -0.1) is 0 Å². The van der Waals surface area contributed by atoms with Crippen LogP contribution in [-0.4, -0.2) is 48.8 Å². The topological polar surface area (TPSA) is 92.8 Å². The summed E-state index contributed by atoms with van der Waals surface area (Å²) in [5, 5.41) is 8.18. The fourth-order valence-electron chi connectivity index (χ4n) is 3.29. The number of carbonyl (C=O) groups is 1. The van der Waals surface area contributed by atoms with Gasteiger partial charge in [-0.05, 0) is 19.8 Å². The zero-order valence-corrected chi connectivity index (χ0v) is 14.3. The van der Waals surface area contributed by atoms with E-state index < -0.39 is 0 Å². The van der Waals surface area contributed by atoms with E-state index in [2.05, 4.69) is 20.2 Å². The molecule has 0 saturated carbocycles. The third-order valence-corrected chi connectivity index (χ3v) is 4.84. The number of aromatic amines is 1. The maximum Gasteiger partial charge on any atom is 0.276 e. The highest BCUT2D eigenvalue weighted by Gasteiger charge is 2.28. The van der Waals surface area contributed by atoms with E-state index >= 15 is 0 Å². The minimum absolute atomic E-state index is 0.104. The van der Waals surface area contributed by atoms with Crippen LogP contribution in [0, 0.1) is 6.92 Å². The van der Waals surface area contributed by atoms with Crippen LogP contribution in [0.5, 0.6) is 0 Å². The second kappa shape index (κ2) is 6.19. The van der Waals surface area contributed by atoms with Crippen LogP contribution in [0.4, 0.5) is 0 Å². The van der Waals surface area contributed by atoms with Crippen LogP contribution in [0.1, 0.15) is 40.8 Å². The lowest BCUT2D eigenvalue weighted by atomic mass is 9.97. The number of hydrogen-bond acceptors (Lipinski definition) is 5. The van der Waals surface area contributed by atoms with Gasteiger partial charge in [-0.2, -0.15) is 5.10 Å². The first-order chi connectivity index (χ1) is 12.1. The number of amides is 1. The minimum atomic E-state index is -0.104. The Balaban J connectivity index is 1.52. The molecule has 4 rings (SSSR count). The summed E-state index contributed by atoms with van der Waals surface area (Å²) in [5.41, 5.74) is 2.14. The molecule has 3 aromatic heterocycles. The standard InChI is InChI=1S/C17H20N6O2/c1-11-13(9-20-22(11)2)15-8-14(21-25-15)17(24)23-7-3-4-12(10-23)16-18-5-6-19-16/h5-6,8-9,12H,3-4,7,10H2,1-2H3,(H,18,19)/t12-/m1/s1. The number of hydrogen-bond donors (Lipinski definition) is 1. The molecule has 0 spiro atoms. The lowest BCUT2D eigenvalue weighted by molar-refractivity contribution is 0.0694. The van der Waals surface area contributed by atoms with E-state index in [9.17, 15) is 4.79 Å². The molecule has 130 valence electrons. The predicted molar refractivity (Wildman–Crippen MR) is 89.9 cm³/mol. The summed E-state index contributed by atoms with van der Waals surface area (Å²) in [5.74, 6) is 1.63. The minimum Gasteiger partial charge on any atom is -0.355 e. The first kappa shape index (κ1) is 15.6. The van der Waals surface area contributed by atoms with E-state index in [-0.39, 0.29) is 11.8 Å². The van der Waals surface area contributed by atoms with Gasteiger partial charge < -0.3 is 14.4 Å². The Morgan fingerprint density at radius 3 is 3.04 bits per heavy atom. The molecule has 25 heavy (non-hydrogen) atoms. The van der Waals surface area contributed by atoms with Crippen molar-refractivity contribution in [2.24, 2.45) is 7.05 Å². The van der Waals surface area contributed by atoms with E-state index in [4.69, 9.17) is 4.52 Å². The van der Waals surface area contributed by atoms with E-state index in [0.29, 0.717) is 18.0 Å². The normalized spacial score (nSPS) is 17.8. The van der Waals surface area contributed by atoms with Gasteiger partial charge in [0.25, 0.3) is 5.91 Å². The summed E-state index contributed by atoms with van der Waals surface area (Å²) >= 11 is 0. The molecular formula is C17H20N6O2. The average Bonchev–Trinajstić information content (AvgIpc) is 3.37. The summed E-state index contributed by atoms with van der Waals surface area (Å²) in [6.07, 6.45) is 7.25. The van der Waals surface area contributed by atoms with Crippen molar-refractivity contribution >= 4 is 5.91 Å². The smallest absolute Gasteiger partial charge is 0.276 e. The number of H-pyrrole nitrogens is 1. The molecule has 4 heterocycles. The van der Waals surface area contributed by atoms with E-state index in [1.165, 1.54) is 0 Å². The SMILES string of the molecule is Cc1c(-c2cc(C(=O)N3CCC[C@@H](c4ncc[nH]4)C3)no2)cnn1C. The Morgan fingerprint density at radius 1 is 1.44 bits per heavy atom. The highest BCUT2D eigenvalue weighted by molar-refractivity contribution is 5.93. The third-order valence-electron chi connectivity index (χ3n) is 4.84. The van der Waals surface area contributed by atoms with Crippen molar-refractivity contribution in [1.82, 2.24) is 29.8 Å². The van der Waals surface area contributed by atoms with Crippen LogP contribution in [0.25, 0.3) is 11.3 Å². The number of aryl methyl sites for hydroxylation is 1. The first-order valence-electron chi connectivity index (χ1n) is 8.37. The van der Waals surface area contributed by atoms with Crippen molar-refractivity contribution < 1.29 is 9.32 Å². The number of rotatable bonds is 3. The van der Waals surface area contributed by atoms with E-state index in [1.807, 2.05) is 25.1 Å². The highest BCUT2D eigenvalue weighted by Crippen LogP contribution is 2.27. The number of nitrogens with one attached hydrogen (secondary N) is 1. The summed E-state index contributed by atoms with van der Waals surface area (Å²) in [6, 6.07) is 1.70. The molecule has 1 saturated heterocycles. The first-order valence-corrected chi connectivity index (χ1v) is 8.37. The van der Waals surface area contributed by atoms with Crippen LogP contribution in [0.15, 0.2) is 29.2 Å². The number of nitrogens with zero attached hydrogens (tertiary/aromatic N) is 5. The maximum absolute atomic E-state index is 12.8. The van der Waals surface area contributed by atoms with Gasteiger partial charge in [-0.3, -0.25) is 9.48 Å². The second-order valence-electron chi connectivity index (χ2n) is 6.41. The third kappa shape index (κ3) is 2.84. The van der Waals surface area contributed by atoms with Gasteiger partial charge >= 0.3 is 0 Å². The lowest BCUT2D eigenvalue weighted by Crippen LogP contribution is -2.39. The van der Waals surface area contributed by atoms with Crippen molar-refractivity contribution in [3.63, 3.8) is 0 Å². The Hall–Kier alpha value is -2.90. The number of piperidine rings is 1. The summed E-state index contributed by atoms with van der Waals surface area (Å²) in [4.78, 5) is 22.1. The Labute approximate surface area is 144 Å². The molecule has 3 aromatic rings. The Bertz CT molecular complexity index is 879. The fourth-order valence-corrected chi connectivity index (χ4v) is 3.29. The van der Waals surface area contributed by atoms with Crippen molar-refractivity contribution in [1.29, 1.82) is 0 Å². The molecule has 0 aliphatic carbocycles. The fraction of sp³-hybridized carbons (Fsp3) is 0.412. The number of likely N-dealkylation sites (tertiary alicyclic amines) is 1. The lowest BCUT2D eigenvalue weighted by Gasteiger charge is -2.31. The van der Waals surface area contributed by atoms with Crippen molar-refractivity contribution in [2.45, 2.75) is 25.7 Å². The molecule has 1 atom stereocenters. The predicted octanol–water partition coefficient (Wildman–Crippen LogP) is 2.13. The van der Waals surface area contributed by atoms with Crippen molar-refractivity contribution in [2.75, 3.05) is 13.1 Å². The molecule has 0 bridgehead atoms. The van der Waals surface area contributed by atoms with Crippen LogP contribution < -0.4 is 0 Å². The molecular weight excluding hydrogens is 320 g/mol. The maximum atomic E-state index is 12.8. The number of aromatic nitrogens is 5. The molecule has 1 N–H and O–H groups in total. The average molecular weight is 340 g/mol. The Morgan fingerprint density at radius 2 is 2.32 bits per heavy atom. The van der Waals surface area contributed by atoms with Crippen molar-refractivity contribution in [3.05, 3.63) is 41.9 Å². The van der Waals surface area contributed by atoms with Gasteiger partial charge in [0.05, 0.1) is 11.8 Å². The highest BCUT2D eigenvalue weighted by atomic mass is 16.5. The number of imidazole rings is 1. The van der Waals surface area contributed by atoms with Gasteiger partial charge in [-0.25, -0.2) is 4.98 Å². The number of carbonyl (C=O) groups excluding carboxylic acids is 1. The summed E-state index contributed by atoms with van der Waals surface area (Å²) in [7, 11) is 1.86. The van der Waals surface area contributed by atoms with Gasteiger partial charge in [0, 0.05) is 50.2 Å². The van der Waals surface area contributed by atoms with Gasteiger partial charge in [-0.1, -0.05) is 5.16 Å². The van der Waals surface area contributed by atoms with Crippen molar-refractivity contribution in [3.8, 4) is 11.3 Å². The van der Waals surface area contributed by atoms with Crippen LogP contribution in [-0.2, 0) is 7.05 Å². The monoisotopic (exact) mass is 340 g/mol. The summed E-state index contributed by atoms with van der Waals surface area (Å²) in [6.45, 7) is 3.32. The quantitative estimate of drug-likeness (QED) is 0.788. The van der Waals surface area contributed by atoms with E-state index in [1.54, 1.807) is 23.1 Å². The largest absolute Gasteiger partial charge is 0.355 e. The van der Waals surface area contributed by atoms with Gasteiger partial charge in [0.1, 0.15) is 5.82 Å². The molecule has 0 aromatic carbocycles. The van der Waals surface area contributed by atoms with Crippen LogP contribution >= 0.6 is 0 Å². The zero-order valence-electron chi connectivity index (χ0n) is 14.3. The van der Waals surface area contributed by atoms with Gasteiger partial charge in [0.15, 0.2) is 11.5 Å². The van der Waals surface area contributed by atoms with Crippen LogP contribution in [0.3, 0.4) is 0 Å². The molecule has 1 aliphatic rings.